The molecule has 3 aromatic rings. The Balaban J connectivity index is 1.81. The van der Waals surface area contributed by atoms with Crippen molar-refractivity contribution in [2.24, 2.45) is 0 Å². The molecule has 7 heteroatoms. The van der Waals surface area contributed by atoms with Gasteiger partial charge in [0, 0.05) is 22.5 Å². The SMILES string of the molecule is CCc1cc2c(N3Cc4c(OC)ccc(OC)c4[C@@H](O)C3)ncnc2s1. The number of aromatic nitrogens is 2. The van der Waals surface area contributed by atoms with Crippen LogP contribution >= 0.6 is 11.3 Å². The van der Waals surface area contributed by atoms with Crippen LogP contribution in [0.3, 0.4) is 0 Å². The maximum Gasteiger partial charge on any atom is 0.141 e. The first-order valence-corrected chi connectivity index (χ1v) is 9.38. The molecule has 0 spiro atoms. The van der Waals surface area contributed by atoms with E-state index < -0.39 is 6.10 Å². The van der Waals surface area contributed by atoms with Gasteiger partial charge in [-0.1, -0.05) is 6.92 Å². The van der Waals surface area contributed by atoms with Gasteiger partial charge in [0.1, 0.15) is 34.6 Å². The van der Waals surface area contributed by atoms with E-state index in [4.69, 9.17) is 9.47 Å². The summed E-state index contributed by atoms with van der Waals surface area (Å²) >= 11 is 1.69. The van der Waals surface area contributed by atoms with Crippen molar-refractivity contribution in [3.63, 3.8) is 0 Å². The summed E-state index contributed by atoms with van der Waals surface area (Å²) in [5.74, 6) is 2.28. The number of β-amino-alcohol motifs (C(OH)–C–C–N with tert-alkyl or cyclic N) is 1. The fourth-order valence-electron chi connectivity index (χ4n) is 3.56. The standard InChI is InChI=1S/C19H21N3O3S/c1-4-11-7-12-18(20-10-21-19(12)26-11)22-8-13-15(24-2)5-6-16(25-3)17(13)14(23)9-22/h5-7,10,14,23H,4,8-9H2,1-3H3/t14-/m0/s1. The molecule has 4 rings (SSSR count). The van der Waals surface area contributed by atoms with Gasteiger partial charge in [-0.15, -0.1) is 11.3 Å². The minimum atomic E-state index is -0.682. The molecule has 0 saturated heterocycles. The molecular weight excluding hydrogens is 350 g/mol. The number of hydrogen-bond acceptors (Lipinski definition) is 7. The third-order valence-corrected chi connectivity index (χ3v) is 5.98. The summed E-state index contributed by atoms with van der Waals surface area (Å²) in [5.41, 5.74) is 1.73. The van der Waals surface area contributed by atoms with Crippen molar-refractivity contribution in [2.45, 2.75) is 26.0 Å². The maximum atomic E-state index is 10.8. The Kier molecular flexibility index (Phi) is 4.42. The number of fused-ring (bicyclic) bond motifs is 2. The molecule has 0 bridgehead atoms. The Labute approximate surface area is 156 Å². The number of methoxy groups -OCH3 is 2. The van der Waals surface area contributed by atoms with Crippen LogP contribution in [0.25, 0.3) is 10.2 Å². The number of hydrogen-bond donors (Lipinski definition) is 1. The van der Waals surface area contributed by atoms with E-state index in [0.29, 0.717) is 18.8 Å². The number of ether oxygens (including phenoxy) is 2. The lowest BCUT2D eigenvalue weighted by molar-refractivity contribution is 0.169. The molecule has 6 nitrogen and oxygen atoms in total. The van der Waals surface area contributed by atoms with Crippen LogP contribution < -0.4 is 14.4 Å². The van der Waals surface area contributed by atoms with Gasteiger partial charge in [-0.2, -0.15) is 0 Å². The van der Waals surface area contributed by atoms with Crippen molar-refractivity contribution < 1.29 is 14.6 Å². The molecule has 0 aliphatic carbocycles. The Morgan fingerprint density at radius 1 is 1.23 bits per heavy atom. The van der Waals surface area contributed by atoms with Crippen molar-refractivity contribution >= 4 is 27.4 Å². The van der Waals surface area contributed by atoms with E-state index in [-0.39, 0.29) is 0 Å². The van der Waals surface area contributed by atoms with E-state index in [1.807, 2.05) is 12.1 Å². The summed E-state index contributed by atoms with van der Waals surface area (Å²) in [6.45, 7) is 3.17. The van der Waals surface area contributed by atoms with Crippen molar-refractivity contribution in [1.29, 1.82) is 0 Å². The van der Waals surface area contributed by atoms with Crippen molar-refractivity contribution in [2.75, 3.05) is 25.7 Å². The Morgan fingerprint density at radius 3 is 2.73 bits per heavy atom. The molecule has 1 aliphatic rings. The molecule has 1 aromatic carbocycles. The number of nitrogens with zero attached hydrogens (tertiary/aromatic N) is 3. The van der Waals surface area contributed by atoms with Gasteiger partial charge in [-0.05, 0) is 24.6 Å². The van der Waals surface area contributed by atoms with Crippen LogP contribution in [0, 0.1) is 0 Å². The molecule has 1 aliphatic heterocycles. The zero-order valence-electron chi connectivity index (χ0n) is 15.0. The van der Waals surface area contributed by atoms with Gasteiger partial charge in [0.2, 0.25) is 0 Å². The lowest BCUT2D eigenvalue weighted by atomic mass is 9.95. The average Bonchev–Trinajstić information content (AvgIpc) is 3.10. The van der Waals surface area contributed by atoms with Gasteiger partial charge < -0.3 is 19.5 Å². The minimum absolute atomic E-state index is 0.444. The van der Waals surface area contributed by atoms with Gasteiger partial charge in [0.25, 0.3) is 0 Å². The average molecular weight is 371 g/mol. The van der Waals surface area contributed by atoms with Gasteiger partial charge in [-0.3, -0.25) is 0 Å². The lowest BCUT2D eigenvalue weighted by Crippen LogP contribution is -2.34. The highest BCUT2D eigenvalue weighted by Gasteiger charge is 2.31. The second-order valence-electron chi connectivity index (χ2n) is 6.24. The first kappa shape index (κ1) is 17.1. The van der Waals surface area contributed by atoms with Crippen LogP contribution in [0.1, 0.15) is 29.0 Å². The number of benzene rings is 1. The number of thiophene rings is 1. The lowest BCUT2D eigenvalue weighted by Gasteiger charge is -2.34. The van der Waals surface area contributed by atoms with E-state index in [0.717, 1.165) is 39.3 Å². The minimum Gasteiger partial charge on any atom is -0.496 e. The molecule has 0 unspecified atom stereocenters. The molecule has 0 fully saturated rings. The summed E-state index contributed by atoms with van der Waals surface area (Å²) in [6.07, 6.45) is 1.88. The van der Waals surface area contributed by atoms with Crippen LogP contribution in [0.5, 0.6) is 11.5 Å². The van der Waals surface area contributed by atoms with Crippen molar-refractivity contribution in [3.8, 4) is 11.5 Å². The van der Waals surface area contributed by atoms with Gasteiger partial charge >= 0.3 is 0 Å². The number of aliphatic hydroxyl groups is 1. The fourth-order valence-corrected chi connectivity index (χ4v) is 4.49. The molecule has 3 heterocycles. The molecule has 2 aromatic heterocycles. The van der Waals surface area contributed by atoms with Crippen LogP contribution in [0.15, 0.2) is 24.5 Å². The summed E-state index contributed by atoms with van der Waals surface area (Å²) in [4.78, 5) is 13.3. The summed E-state index contributed by atoms with van der Waals surface area (Å²) < 4.78 is 11.0. The number of anilines is 1. The van der Waals surface area contributed by atoms with Gasteiger partial charge in [-0.25, -0.2) is 9.97 Å². The van der Waals surface area contributed by atoms with Crippen LogP contribution in [0.2, 0.25) is 0 Å². The van der Waals surface area contributed by atoms with E-state index in [2.05, 4.69) is 27.9 Å². The zero-order chi connectivity index (χ0) is 18.3. The normalized spacial score (nSPS) is 16.6. The van der Waals surface area contributed by atoms with Crippen molar-refractivity contribution in [1.82, 2.24) is 9.97 Å². The number of rotatable bonds is 4. The van der Waals surface area contributed by atoms with Crippen LogP contribution in [-0.2, 0) is 13.0 Å². The predicted molar refractivity (Wildman–Crippen MR) is 102 cm³/mol. The molecule has 136 valence electrons. The molecule has 0 radical (unpaired) electrons. The van der Waals surface area contributed by atoms with Gasteiger partial charge in [0.05, 0.1) is 26.2 Å². The molecule has 0 saturated carbocycles. The first-order chi connectivity index (χ1) is 12.7. The smallest absolute Gasteiger partial charge is 0.141 e. The zero-order valence-corrected chi connectivity index (χ0v) is 15.8. The van der Waals surface area contributed by atoms with Crippen molar-refractivity contribution in [3.05, 3.63) is 40.5 Å². The second-order valence-corrected chi connectivity index (χ2v) is 7.36. The topological polar surface area (TPSA) is 67.7 Å². The van der Waals surface area contributed by atoms with E-state index in [1.54, 1.807) is 31.9 Å². The summed E-state index contributed by atoms with van der Waals surface area (Å²) in [7, 11) is 3.26. The fraction of sp³-hybridized carbons (Fsp3) is 0.368. The Bertz CT molecular complexity index is 957. The highest BCUT2D eigenvalue weighted by atomic mass is 32.1. The molecule has 0 amide bonds. The second kappa shape index (κ2) is 6.74. The molecule has 1 atom stereocenters. The summed E-state index contributed by atoms with van der Waals surface area (Å²) in [5, 5.41) is 11.9. The van der Waals surface area contributed by atoms with E-state index in [9.17, 15) is 5.11 Å². The Morgan fingerprint density at radius 2 is 2.00 bits per heavy atom. The van der Waals surface area contributed by atoms with Gasteiger partial charge in [0.15, 0.2) is 0 Å². The highest BCUT2D eigenvalue weighted by Crippen LogP contribution is 2.41. The third-order valence-electron chi connectivity index (χ3n) is 4.80. The predicted octanol–water partition coefficient (Wildman–Crippen LogP) is 3.32. The highest BCUT2D eigenvalue weighted by molar-refractivity contribution is 7.18. The van der Waals surface area contributed by atoms with Crippen LogP contribution in [-0.4, -0.2) is 35.8 Å². The summed E-state index contributed by atoms with van der Waals surface area (Å²) in [6, 6.07) is 5.87. The van der Waals surface area contributed by atoms with E-state index >= 15 is 0 Å². The molecular formula is C19H21N3O3S. The largest absolute Gasteiger partial charge is 0.496 e. The first-order valence-electron chi connectivity index (χ1n) is 8.56. The van der Waals surface area contributed by atoms with E-state index in [1.165, 1.54) is 4.88 Å². The molecule has 26 heavy (non-hydrogen) atoms. The number of aryl methyl sites for hydroxylation is 1. The molecule has 1 N–H and O–H groups in total. The quantitative estimate of drug-likeness (QED) is 0.759. The Hall–Kier alpha value is -2.38. The number of aliphatic hydroxyl groups excluding tert-OH is 1. The van der Waals surface area contributed by atoms with Crippen LogP contribution in [0.4, 0.5) is 5.82 Å². The third kappa shape index (κ3) is 2.68. The maximum absolute atomic E-state index is 10.8. The monoisotopic (exact) mass is 371 g/mol.